The van der Waals surface area contributed by atoms with Crippen LogP contribution in [0.25, 0.3) is 0 Å². The molecule has 0 radical (unpaired) electrons. The summed E-state index contributed by atoms with van der Waals surface area (Å²) in [4.78, 5) is 31.1. The Balaban J connectivity index is 1.57. The lowest BCUT2D eigenvalue weighted by molar-refractivity contribution is -0.125. The third-order valence-corrected chi connectivity index (χ3v) is 5.16. The van der Waals surface area contributed by atoms with E-state index in [1.807, 2.05) is 52.0 Å². The van der Waals surface area contributed by atoms with Crippen LogP contribution in [-0.2, 0) is 16.1 Å². The number of nitrogens with one attached hydrogen (secondary N) is 2. The molecule has 1 fully saturated rings. The molecule has 0 aliphatic carbocycles. The summed E-state index contributed by atoms with van der Waals surface area (Å²) in [5.41, 5.74) is 1.48. The Kier molecular flexibility index (Phi) is 6.29. The highest BCUT2D eigenvalue weighted by Gasteiger charge is 2.43. The molecule has 3 rings (SSSR count). The number of pyridine rings is 1. The van der Waals surface area contributed by atoms with Gasteiger partial charge in [-0.25, -0.2) is 4.79 Å². The van der Waals surface area contributed by atoms with E-state index in [-0.39, 0.29) is 5.91 Å². The van der Waals surface area contributed by atoms with Gasteiger partial charge in [-0.3, -0.25) is 15.1 Å². The summed E-state index contributed by atoms with van der Waals surface area (Å²) in [6.45, 7) is 8.71. The Bertz CT molecular complexity index is 878. The number of amides is 2. The first-order valence-corrected chi connectivity index (χ1v) is 10.2. The molecule has 2 aromatic rings. The zero-order chi connectivity index (χ0) is 21.8. The Labute approximate surface area is 177 Å². The maximum absolute atomic E-state index is 13.0. The molecule has 1 aliphatic heterocycles. The average Bonchev–Trinajstić information content (AvgIpc) is 3.09. The van der Waals surface area contributed by atoms with Crippen molar-refractivity contribution in [2.24, 2.45) is 0 Å². The number of ether oxygens (including phenoxy) is 1. The molecule has 160 valence electrons. The fourth-order valence-electron chi connectivity index (χ4n) is 3.64. The number of hydrogen-bond acceptors (Lipinski definition) is 5. The molecule has 7 heteroatoms. The van der Waals surface area contributed by atoms with E-state index in [9.17, 15) is 9.59 Å². The lowest BCUT2D eigenvalue weighted by atomic mass is 9.97. The SMILES string of the molecule is CC(C)(C)OC(=O)Nc1ccc(CNC(=O)[C@]2(C)CCCN2c2ccncc2)cc1. The van der Waals surface area contributed by atoms with Crippen molar-refractivity contribution < 1.29 is 14.3 Å². The fraction of sp³-hybridized carbons (Fsp3) is 0.435. The zero-order valence-electron chi connectivity index (χ0n) is 18.1. The third kappa shape index (κ3) is 5.28. The fourth-order valence-corrected chi connectivity index (χ4v) is 3.64. The van der Waals surface area contributed by atoms with E-state index in [4.69, 9.17) is 4.74 Å². The number of nitrogens with zero attached hydrogens (tertiary/aromatic N) is 2. The van der Waals surface area contributed by atoms with Gasteiger partial charge in [0.1, 0.15) is 11.1 Å². The van der Waals surface area contributed by atoms with Crippen molar-refractivity contribution in [3.05, 3.63) is 54.4 Å². The second-order valence-corrected chi connectivity index (χ2v) is 8.74. The van der Waals surface area contributed by atoms with Gasteiger partial charge in [0.2, 0.25) is 5.91 Å². The van der Waals surface area contributed by atoms with Gasteiger partial charge in [-0.2, -0.15) is 0 Å². The van der Waals surface area contributed by atoms with Gasteiger partial charge in [0.25, 0.3) is 0 Å². The molecular formula is C23H30N4O3. The van der Waals surface area contributed by atoms with E-state index in [1.165, 1.54) is 0 Å². The molecule has 0 saturated carbocycles. The van der Waals surface area contributed by atoms with E-state index in [1.54, 1.807) is 24.5 Å². The summed E-state index contributed by atoms with van der Waals surface area (Å²) in [6.07, 6.45) is 4.78. The first-order chi connectivity index (χ1) is 14.2. The quantitative estimate of drug-likeness (QED) is 0.775. The van der Waals surface area contributed by atoms with Gasteiger partial charge in [0.05, 0.1) is 0 Å². The van der Waals surface area contributed by atoms with Crippen LogP contribution in [-0.4, -0.2) is 34.7 Å². The molecule has 2 heterocycles. The maximum atomic E-state index is 13.0. The number of carbonyl (C=O) groups excluding carboxylic acids is 2. The summed E-state index contributed by atoms with van der Waals surface area (Å²) < 4.78 is 5.25. The van der Waals surface area contributed by atoms with Crippen molar-refractivity contribution >= 4 is 23.4 Å². The zero-order valence-corrected chi connectivity index (χ0v) is 18.1. The molecular weight excluding hydrogens is 380 g/mol. The molecule has 0 spiro atoms. The van der Waals surface area contributed by atoms with Crippen LogP contribution < -0.4 is 15.5 Å². The minimum atomic E-state index is -0.584. The first kappa shape index (κ1) is 21.6. The molecule has 1 aromatic carbocycles. The highest BCUT2D eigenvalue weighted by molar-refractivity contribution is 5.90. The smallest absolute Gasteiger partial charge is 0.412 e. The van der Waals surface area contributed by atoms with Crippen molar-refractivity contribution in [1.82, 2.24) is 10.3 Å². The number of rotatable bonds is 5. The molecule has 1 aliphatic rings. The van der Waals surface area contributed by atoms with Crippen LogP contribution in [0.5, 0.6) is 0 Å². The van der Waals surface area contributed by atoms with Gasteiger partial charge in [-0.15, -0.1) is 0 Å². The van der Waals surface area contributed by atoms with Gasteiger partial charge in [0, 0.05) is 36.9 Å². The van der Waals surface area contributed by atoms with Crippen LogP contribution >= 0.6 is 0 Å². The van der Waals surface area contributed by atoms with E-state index < -0.39 is 17.2 Å². The Morgan fingerprint density at radius 2 is 1.80 bits per heavy atom. The second kappa shape index (κ2) is 8.73. The maximum Gasteiger partial charge on any atom is 0.412 e. The number of hydrogen-bond donors (Lipinski definition) is 2. The van der Waals surface area contributed by atoms with E-state index >= 15 is 0 Å². The molecule has 30 heavy (non-hydrogen) atoms. The topological polar surface area (TPSA) is 83.6 Å². The van der Waals surface area contributed by atoms with Gasteiger partial charge in [-0.1, -0.05) is 12.1 Å². The molecule has 1 aromatic heterocycles. The van der Waals surface area contributed by atoms with Crippen molar-refractivity contribution in [1.29, 1.82) is 0 Å². The van der Waals surface area contributed by atoms with Crippen LogP contribution in [0.15, 0.2) is 48.8 Å². The number of aromatic nitrogens is 1. The van der Waals surface area contributed by atoms with E-state index in [2.05, 4.69) is 20.5 Å². The minimum absolute atomic E-state index is 0.00719. The number of anilines is 2. The summed E-state index contributed by atoms with van der Waals surface area (Å²) in [5.74, 6) is 0.00719. The van der Waals surface area contributed by atoms with Crippen LogP contribution in [0.1, 0.15) is 46.1 Å². The van der Waals surface area contributed by atoms with Crippen LogP contribution in [0.2, 0.25) is 0 Å². The standard InChI is InChI=1S/C23H30N4O3/c1-22(2,3)30-21(29)26-18-8-6-17(7-9-18)16-25-20(28)23(4)12-5-15-27(23)19-10-13-24-14-11-19/h6-11,13-14H,5,12,15-16H2,1-4H3,(H,25,28)(H,26,29)/t23-/m0/s1. The van der Waals surface area contributed by atoms with Crippen molar-refractivity contribution in [2.45, 2.75) is 58.2 Å². The monoisotopic (exact) mass is 410 g/mol. The van der Waals surface area contributed by atoms with Gasteiger partial charge in [0.15, 0.2) is 0 Å². The van der Waals surface area contributed by atoms with Gasteiger partial charge >= 0.3 is 6.09 Å². The highest BCUT2D eigenvalue weighted by Crippen LogP contribution is 2.34. The van der Waals surface area contributed by atoms with E-state index in [0.29, 0.717) is 12.2 Å². The summed E-state index contributed by atoms with van der Waals surface area (Å²) in [5, 5.41) is 5.77. The Hall–Kier alpha value is -3.09. The summed E-state index contributed by atoms with van der Waals surface area (Å²) in [6, 6.07) is 11.2. The number of carbonyl (C=O) groups is 2. The first-order valence-electron chi connectivity index (χ1n) is 10.2. The van der Waals surface area contributed by atoms with E-state index in [0.717, 1.165) is 30.6 Å². The highest BCUT2D eigenvalue weighted by atomic mass is 16.6. The van der Waals surface area contributed by atoms with Crippen molar-refractivity contribution in [3.63, 3.8) is 0 Å². The second-order valence-electron chi connectivity index (χ2n) is 8.74. The number of benzene rings is 1. The minimum Gasteiger partial charge on any atom is -0.444 e. The lowest BCUT2D eigenvalue weighted by Gasteiger charge is -2.35. The van der Waals surface area contributed by atoms with Crippen molar-refractivity contribution in [3.8, 4) is 0 Å². The van der Waals surface area contributed by atoms with Crippen molar-refractivity contribution in [2.75, 3.05) is 16.8 Å². The van der Waals surface area contributed by atoms with Crippen LogP contribution in [0.4, 0.5) is 16.2 Å². The normalized spacial score (nSPS) is 18.7. The molecule has 2 N–H and O–H groups in total. The average molecular weight is 411 g/mol. The lowest BCUT2D eigenvalue weighted by Crippen LogP contribution is -2.53. The predicted molar refractivity (Wildman–Crippen MR) is 117 cm³/mol. The molecule has 1 atom stereocenters. The molecule has 0 unspecified atom stereocenters. The third-order valence-electron chi connectivity index (χ3n) is 5.16. The predicted octanol–water partition coefficient (Wildman–Crippen LogP) is 4.10. The Morgan fingerprint density at radius 3 is 2.43 bits per heavy atom. The Morgan fingerprint density at radius 1 is 1.13 bits per heavy atom. The largest absolute Gasteiger partial charge is 0.444 e. The molecule has 7 nitrogen and oxygen atoms in total. The van der Waals surface area contributed by atoms with Crippen LogP contribution in [0, 0.1) is 0 Å². The molecule has 1 saturated heterocycles. The summed E-state index contributed by atoms with van der Waals surface area (Å²) >= 11 is 0. The van der Waals surface area contributed by atoms with Gasteiger partial charge < -0.3 is 15.0 Å². The van der Waals surface area contributed by atoms with Crippen LogP contribution in [0.3, 0.4) is 0 Å². The molecule has 0 bridgehead atoms. The summed E-state index contributed by atoms with van der Waals surface area (Å²) in [7, 11) is 0. The van der Waals surface area contributed by atoms with Gasteiger partial charge in [-0.05, 0) is 70.4 Å². The molecule has 2 amide bonds.